The summed E-state index contributed by atoms with van der Waals surface area (Å²) >= 11 is 7.14. The van der Waals surface area contributed by atoms with Crippen LogP contribution in [0, 0.1) is 12.8 Å². The summed E-state index contributed by atoms with van der Waals surface area (Å²) in [6.45, 7) is 5.40. The van der Waals surface area contributed by atoms with Gasteiger partial charge in [0.2, 0.25) is 11.8 Å². The molecule has 3 aliphatic rings. The van der Waals surface area contributed by atoms with Crippen molar-refractivity contribution in [2.45, 2.75) is 69.4 Å². The fourth-order valence-corrected chi connectivity index (χ4v) is 16.0. The van der Waals surface area contributed by atoms with E-state index < -0.39 is 71.6 Å². The third kappa shape index (κ3) is 12.5. The number of hydrogen-bond donors (Lipinski definition) is 7. The van der Waals surface area contributed by atoms with Crippen molar-refractivity contribution in [2.75, 3.05) is 32.7 Å². The van der Waals surface area contributed by atoms with E-state index in [0.717, 1.165) is 22.7 Å². The molecule has 3 aliphatic heterocycles. The molecule has 2 aromatic carbocycles. The number of hydrogen-bond acceptors (Lipinski definition) is 24. The Balaban J connectivity index is 0.948. The molecule has 0 radical (unpaired) electrons. The van der Waals surface area contributed by atoms with Gasteiger partial charge in [-0.25, -0.2) is 39.9 Å². The summed E-state index contributed by atoms with van der Waals surface area (Å²) in [5, 5.41) is 51.9. The maximum Gasteiger partial charge on any atom is 0.273 e. The fourth-order valence-electron chi connectivity index (χ4n) is 10.6. The first-order valence-corrected chi connectivity index (χ1v) is 32.6. The summed E-state index contributed by atoms with van der Waals surface area (Å²) < 4.78 is 0. The van der Waals surface area contributed by atoms with Crippen molar-refractivity contribution >= 4 is 103 Å². The number of primary amides is 1. The molecule has 0 saturated carbocycles. The van der Waals surface area contributed by atoms with Gasteiger partial charge in [-0.3, -0.25) is 34.6 Å². The molecule has 10 heterocycles. The zero-order valence-electron chi connectivity index (χ0n) is 46.3. The van der Waals surface area contributed by atoms with Crippen molar-refractivity contribution in [1.29, 1.82) is 0 Å². The van der Waals surface area contributed by atoms with Gasteiger partial charge in [-0.2, -0.15) is 0 Å². The predicted molar refractivity (Wildman–Crippen MR) is 329 cm³/mol. The molecule has 7 aromatic heterocycles. The fraction of sp³-hybridized carbons (Fsp3) is 0.293. The van der Waals surface area contributed by atoms with Gasteiger partial charge in [-0.15, -0.1) is 68.0 Å². The number of aromatic hydroxyl groups is 1. The molecule has 87 heavy (non-hydrogen) atoms. The summed E-state index contributed by atoms with van der Waals surface area (Å²) in [5.74, 6) is 1.09. The zero-order valence-corrected chi connectivity index (χ0v) is 51.2. The van der Waals surface area contributed by atoms with Crippen molar-refractivity contribution in [3.63, 3.8) is 0 Å². The Labute approximate surface area is 520 Å². The molecule has 29 heteroatoms. The first-order chi connectivity index (χ1) is 41.9. The van der Waals surface area contributed by atoms with Gasteiger partial charge >= 0.3 is 0 Å². The first kappa shape index (κ1) is 59.4. The number of phenols is 1. The van der Waals surface area contributed by atoms with Crippen LogP contribution in [0.15, 0.2) is 93.6 Å². The normalized spacial score (nSPS) is 20.8. The molecule has 5 amide bonds. The Morgan fingerprint density at radius 2 is 1.33 bits per heavy atom. The van der Waals surface area contributed by atoms with Gasteiger partial charge in [0.15, 0.2) is 5.78 Å². The van der Waals surface area contributed by atoms with Crippen LogP contribution < -0.4 is 22.2 Å². The lowest BCUT2D eigenvalue weighted by molar-refractivity contribution is -0.134. The Bertz CT molecular complexity index is 4080. The van der Waals surface area contributed by atoms with Crippen LogP contribution in [0.5, 0.6) is 5.75 Å². The number of benzene rings is 2. The van der Waals surface area contributed by atoms with Crippen LogP contribution in [0.3, 0.4) is 0 Å². The van der Waals surface area contributed by atoms with Crippen molar-refractivity contribution in [2.24, 2.45) is 17.5 Å². The van der Waals surface area contributed by atoms with Crippen LogP contribution in [0.25, 0.3) is 43.4 Å². The van der Waals surface area contributed by atoms with E-state index in [2.05, 4.69) is 10.6 Å². The van der Waals surface area contributed by atoms with E-state index in [9.17, 15) is 39.3 Å². The van der Waals surface area contributed by atoms with Crippen molar-refractivity contribution in [3.05, 3.63) is 147 Å². The second kappa shape index (κ2) is 25.0. The summed E-state index contributed by atoms with van der Waals surface area (Å²) in [5.41, 5.74) is 9.30. The quantitative estimate of drug-likeness (QED) is 0.0768. The van der Waals surface area contributed by atoms with E-state index in [1.165, 1.54) is 67.8 Å². The Kier molecular flexibility index (Phi) is 17.1. The molecule has 12 rings (SSSR count). The Morgan fingerprint density at radius 1 is 0.690 bits per heavy atom. The van der Waals surface area contributed by atoms with Crippen LogP contribution in [0.1, 0.15) is 117 Å². The molecule has 23 nitrogen and oxygen atoms in total. The number of pyridine rings is 1. The average molecular weight is 1280 g/mol. The van der Waals surface area contributed by atoms with Gasteiger partial charge in [0, 0.05) is 94.7 Å². The number of aliphatic hydroxyl groups excluding tert-OH is 2. The van der Waals surface area contributed by atoms with Crippen molar-refractivity contribution in [1.82, 2.24) is 60.3 Å². The zero-order chi connectivity index (χ0) is 60.8. The Hall–Kier alpha value is -7.97. The summed E-state index contributed by atoms with van der Waals surface area (Å²) in [6, 6.07) is 15.4. The van der Waals surface area contributed by atoms with E-state index in [-0.39, 0.29) is 70.3 Å². The van der Waals surface area contributed by atoms with Crippen molar-refractivity contribution < 1.29 is 44.1 Å². The average Bonchev–Trinajstić information content (AvgIpc) is 3.27. The number of piperazine rings is 1. The van der Waals surface area contributed by atoms with Gasteiger partial charge in [0.1, 0.15) is 76.7 Å². The highest BCUT2D eigenvalue weighted by molar-refractivity contribution is 7.15. The van der Waals surface area contributed by atoms with Gasteiger partial charge in [0.25, 0.3) is 17.7 Å². The standard InChI is InChI=1S/C58H54N14O9S6/c1-27-43(75)21-72-47(27)56-67-40(25-86-56)54-64-37(22-84-54)46-32(12-13-34(61-46)53-68-41(26-85-53)57(80)70-14-16-71(60)17-15-70)51-65-38(23-82-51)49(78)62-35(20-44(59)76)55-69-45(28(2)87-55)42(74)19-33(48(77)30-6-4-3-5-7-30)52-66-39(24-83-52)50(79)63-36(58(72)81)18-29-8-10-31(73)11-9-29/h3-13,22-27,33,35-36,43,47-48,73,75,77H,14-21,60H2,1-2H3,(H2,59,76)(H,62,78)(H,63,79)/t27-,33-,35-,36-,43-,47-,48+/m0/s1. The molecule has 0 unspecified atom stereocenters. The lowest BCUT2D eigenvalue weighted by Crippen LogP contribution is -2.51. The number of hydrazine groups is 1. The number of carbonyl (C=O) groups excluding carboxylic acids is 6. The number of phenolic OH excluding ortho intramolecular Hbond substituents is 1. The minimum Gasteiger partial charge on any atom is -0.508 e. The molecule has 9 N–H and O–H groups in total. The van der Waals surface area contributed by atoms with Crippen molar-refractivity contribution in [3.8, 4) is 49.1 Å². The predicted octanol–water partition coefficient (Wildman–Crippen LogP) is 6.81. The molecule has 2 saturated heterocycles. The van der Waals surface area contributed by atoms with Gasteiger partial charge < -0.3 is 41.5 Å². The lowest BCUT2D eigenvalue weighted by Gasteiger charge is -2.31. The second-order valence-electron chi connectivity index (χ2n) is 21.2. The first-order valence-electron chi connectivity index (χ1n) is 27.4. The number of amides is 5. The van der Waals surface area contributed by atoms with Crippen LogP contribution in [0.4, 0.5) is 0 Å². The monoisotopic (exact) mass is 1280 g/mol. The highest BCUT2D eigenvalue weighted by atomic mass is 32.1. The minimum atomic E-state index is -1.30. The second-order valence-corrected chi connectivity index (χ2v) is 26.8. The molecular formula is C58H54N14O9S6. The number of carbonyl (C=O) groups is 6. The molecule has 9 aromatic rings. The molecule has 0 aliphatic carbocycles. The summed E-state index contributed by atoms with van der Waals surface area (Å²) in [7, 11) is 0. The molecule has 2 fully saturated rings. The number of nitrogens with zero attached hydrogens (tertiary/aromatic N) is 10. The van der Waals surface area contributed by atoms with Crippen LogP contribution in [-0.2, 0) is 16.0 Å². The molecule has 446 valence electrons. The number of thiazole rings is 6. The third-order valence-corrected chi connectivity index (χ3v) is 20.9. The number of Topliss-reactive ketones (excluding diaryl/α,β-unsaturated/α-hetero) is 1. The van der Waals surface area contributed by atoms with Crippen LogP contribution >= 0.6 is 68.0 Å². The number of nitrogens with one attached hydrogen (secondary N) is 2. The number of ketones is 1. The number of nitrogens with two attached hydrogens (primary N) is 2. The number of rotatable bonds is 8. The largest absolute Gasteiger partial charge is 0.508 e. The third-order valence-electron chi connectivity index (χ3n) is 15.3. The van der Waals surface area contributed by atoms with Gasteiger partial charge in [-0.05, 0) is 42.3 Å². The number of aliphatic hydroxyl groups is 2. The number of aryl methyl sites for hydroxylation is 1. The molecular weight excluding hydrogens is 1230 g/mol. The Morgan fingerprint density at radius 3 is 2.09 bits per heavy atom. The van der Waals surface area contributed by atoms with E-state index in [0.29, 0.717) is 90.6 Å². The molecule has 0 spiro atoms. The minimum absolute atomic E-state index is 0.000230. The summed E-state index contributed by atoms with van der Waals surface area (Å²) in [4.78, 5) is 123. The number of aromatic nitrogens is 7. The van der Waals surface area contributed by atoms with E-state index in [4.69, 9.17) is 46.5 Å². The van der Waals surface area contributed by atoms with Crippen LogP contribution in [-0.4, -0.2) is 145 Å². The van der Waals surface area contributed by atoms with E-state index >= 15 is 4.79 Å². The van der Waals surface area contributed by atoms with E-state index in [1.54, 1.807) is 82.2 Å². The van der Waals surface area contributed by atoms with E-state index in [1.807, 2.05) is 17.7 Å². The SMILES string of the molecule is Cc1sc2nc1C(=O)C[C@@H]([C@H](O)c1ccccc1)c1nc(cs1)C(=O)N[C@@H](Cc1ccc(O)cc1)C(=O)N1C[C@H](O)[C@H](C)[C@H]1c1nc(cs1)-c1nc(cs1)-c1nc(-c3nc(C(=O)N4CCN(N)CC4)cs3)ccc1-c1nc(cs1)C(=O)N[C@H]2CC(N)=O. The highest BCUT2D eigenvalue weighted by Gasteiger charge is 2.46. The molecule has 7 atom stereocenters. The van der Waals surface area contributed by atoms with Gasteiger partial charge in [0.05, 0.1) is 41.4 Å². The summed E-state index contributed by atoms with van der Waals surface area (Å²) in [6.07, 6.45) is -2.99. The maximum absolute atomic E-state index is 15.2. The van der Waals surface area contributed by atoms with Crippen LogP contribution in [0.2, 0.25) is 0 Å². The van der Waals surface area contributed by atoms with Gasteiger partial charge in [-0.1, -0.05) is 49.4 Å². The topological polar surface area (TPSA) is 339 Å². The smallest absolute Gasteiger partial charge is 0.273 e. The molecule has 10 bridgehead atoms. The highest BCUT2D eigenvalue weighted by Crippen LogP contribution is 2.43. The lowest BCUT2D eigenvalue weighted by atomic mass is 9.90. The number of fused-ring (bicyclic) bond motifs is 16. The maximum atomic E-state index is 15.2.